The SMILES string of the molecule is CN(C)C(=O)c1ccc(N)c(Nc2c(F)cccc2F)c1. The van der Waals surface area contributed by atoms with Crippen LogP contribution in [0.4, 0.5) is 25.8 Å². The number of para-hydroxylation sites is 1. The van der Waals surface area contributed by atoms with E-state index in [4.69, 9.17) is 5.73 Å². The molecule has 0 aliphatic rings. The molecule has 2 rings (SSSR count). The quantitative estimate of drug-likeness (QED) is 0.855. The van der Waals surface area contributed by atoms with Gasteiger partial charge >= 0.3 is 0 Å². The van der Waals surface area contributed by atoms with Crippen molar-refractivity contribution in [3.8, 4) is 0 Å². The molecule has 6 heteroatoms. The molecular weight excluding hydrogens is 276 g/mol. The number of carbonyl (C=O) groups is 1. The molecule has 1 amide bonds. The Hall–Kier alpha value is -2.63. The standard InChI is InChI=1S/C15H15F2N3O/c1-20(2)15(21)9-6-7-12(18)13(8-9)19-14-10(16)4-3-5-11(14)17/h3-8,19H,18H2,1-2H3. The van der Waals surface area contributed by atoms with E-state index in [1.807, 2.05) is 0 Å². The van der Waals surface area contributed by atoms with Crippen LogP contribution in [0.25, 0.3) is 0 Å². The van der Waals surface area contributed by atoms with Crippen molar-refractivity contribution >= 4 is 23.0 Å². The van der Waals surface area contributed by atoms with E-state index >= 15 is 0 Å². The zero-order valence-electron chi connectivity index (χ0n) is 11.7. The number of carbonyl (C=O) groups excluding carboxylic acids is 1. The second-order valence-electron chi connectivity index (χ2n) is 4.72. The Kier molecular flexibility index (Phi) is 4.07. The summed E-state index contributed by atoms with van der Waals surface area (Å²) in [7, 11) is 3.23. The van der Waals surface area contributed by atoms with Crippen molar-refractivity contribution in [1.29, 1.82) is 0 Å². The van der Waals surface area contributed by atoms with E-state index < -0.39 is 11.6 Å². The molecule has 2 aromatic rings. The predicted molar refractivity (Wildman–Crippen MR) is 78.5 cm³/mol. The first kappa shape index (κ1) is 14.8. The van der Waals surface area contributed by atoms with E-state index in [-0.39, 0.29) is 23.0 Å². The summed E-state index contributed by atoms with van der Waals surface area (Å²) in [5.74, 6) is -1.70. The molecule has 4 nitrogen and oxygen atoms in total. The highest BCUT2D eigenvalue weighted by Gasteiger charge is 2.13. The number of hydrogen-bond donors (Lipinski definition) is 2. The van der Waals surface area contributed by atoms with Crippen LogP contribution in [0.2, 0.25) is 0 Å². The van der Waals surface area contributed by atoms with Crippen LogP contribution in [0.1, 0.15) is 10.4 Å². The predicted octanol–water partition coefficient (Wildman–Crippen LogP) is 2.99. The lowest BCUT2D eigenvalue weighted by Crippen LogP contribution is -2.21. The van der Waals surface area contributed by atoms with Gasteiger partial charge in [0.15, 0.2) is 0 Å². The van der Waals surface area contributed by atoms with Gasteiger partial charge in [-0.25, -0.2) is 8.78 Å². The molecule has 0 fully saturated rings. The minimum Gasteiger partial charge on any atom is -0.397 e. The third kappa shape index (κ3) is 3.10. The first-order valence-corrected chi connectivity index (χ1v) is 6.22. The van der Waals surface area contributed by atoms with Crippen LogP contribution in [-0.4, -0.2) is 24.9 Å². The summed E-state index contributed by atoms with van der Waals surface area (Å²) in [5.41, 5.74) is 6.40. The fourth-order valence-electron chi connectivity index (χ4n) is 1.81. The first-order chi connectivity index (χ1) is 9.90. The van der Waals surface area contributed by atoms with Crippen molar-refractivity contribution in [1.82, 2.24) is 4.90 Å². The Morgan fingerprint density at radius 1 is 1.14 bits per heavy atom. The van der Waals surface area contributed by atoms with Gasteiger partial charge in [0.1, 0.15) is 17.3 Å². The second-order valence-corrected chi connectivity index (χ2v) is 4.72. The molecule has 0 aliphatic heterocycles. The summed E-state index contributed by atoms with van der Waals surface area (Å²) in [5, 5.41) is 2.60. The maximum absolute atomic E-state index is 13.6. The van der Waals surface area contributed by atoms with Crippen LogP contribution < -0.4 is 11.1 Å². The molecule has 0 bridgehead atoms. The van der Waals surface area contributed by atoms with Gasteiger partial charge in [-0.15, -0.1) is 0 Å². The lowest BCUT2D eigenvalue weighted by molar-refractivity contribution is 0.0827. The van der Waals surface area contributed by atoms with E-state index in [2.05, 4.69) is 5.32 Å². The minimum absolute atomic E-state index is 0.230. The molecule has 0 unspecified atom stereocenters. The topological polar surface area (TPSA) is 58.4 Å². The third-order valence-corrected chi connectivity index (χ3v) is 2.93. The van der Waals surface area contributed by atoms with Crippen molar-refractivity contribution in [2.45, 2.75) is 0 Å². The molecule has 0 heterocycles. The van der Waals surface area contributed by atoms with Crippen LogP contribution in [-0.2, 0) is 0 Å². The van der Waals surface area contributed by atoms with Crippen molar-refractivity contribution in [3.05, 3.63) is 53.6 Å². The summed E-state index contributed by atoms with van der Waals surface area (Å²) < 4.78 is 27.3. The summed E-state index contributed by atoms with van der Waals surface area (Å²) in [6, 6.07) is 8.07. The van der Waals surface area contributed by atoms with Crippen molar-refractivity contribution < 1.29 is 13.6 Å². The fourth-order valence-corrected chi connectivity index (χ4v) is 1.81. The Labute approximate surface area is 121 Å². The van der Waals surface area contributed by atoms with Gasteiger partial charge in [-0.05, 0) is 30.3 Å². The first-order valence-electron chi connectivity index (χ1n) is 6.22. The van der Waals surface area contributed by atoms with Crippen LogP contribution in [0, 0.1) is 11.6 Å². The number of anilines is 3. The largest absolute Gasteiger partial charge is 0.397 e. The van der Waals surface area contributed by atoms with Gasteiger partial charge in [-0.1, -0.05) is 6.07 Å². The molecule has 2 aromatic carbocycles. The number of nitrogen functional groups attached to an aromatic ring is 1. The zero-order valence-corrected chi connectivity index (χ0v) is 11.7. The monoisotopic (exact) mass is 291 g/mol. The fraction of sp³-hybridized carbons (Fsp3) is 0.133. The highest BCUT2D eigenvalue weighted by Crippen LogP contribution is 2.28. The maximum Gasteiger partial charge on any atom is 0.253 e. The zero-order chi connectivity index (χ0) is 15.6. The van der Waals surface area contributed by atoms with Gasteiger partial charge < -0.3 is 16.0 Å². The molecular formula is C15H15F2N3O. The Morgan fingerprint density at radius 3 is 2.33 bits per heavy atom. The van der Waals surface area contributed by atoms with Gasteiger partial charge in [0.2, 0.25) is 0 Å². The number of nitrogens with zero attached hydrogens (tertiary/aromatic N) is 1. The van der Waals surface area contributed by atoms with Crippen molar-refractivity contribution in [2.24, 2.45) is 0 Å². The van der Waals surface area contributed by atoms with Crippen LogP contribution in [0.5, 0.6) is 0 Å². The Balaban J connectivity index is 2.40. The van der Waals surface area contributed by atoms with Gasteiger partial charge in [-0.3, -0.25) is 4.79 Å². The molecule has 0 aromatic heterocycles. The highest BCUT2D eigenvalue weighted by molar-refractivity contribution is 5.96. The van der Waals surface area contributed by atoms with Gasteiger partial charge in [0, 0.05) is 19.7 Å². The van der Waals surface area contributed by atoms with E-state index in [0.717, 1.165) is 12.1 Å². The summed E-state index contributed by atoms with van der Waals surface area (Å²) in [6.07, 6.45) is 0. The van der Waals surface area contributed by atoms with Gasteiger partial charge in [-0.2, -0.15) is 0 Å². The smallest absolute Gasteiger partial charge is 0.253 e. The number of amides is 1. The van der Waals surface area contributed by atoms with Crippen molar-refractivity contribution in [2.75, 3.05) is 25.1 Å². The lowest BCUT2D eigenvalue weighted by atomic mass is 10.1. The maximum atomic E-state index is 13.6. The average molecular weight is 291 g/mol. The molecule has 21 heavy (non-hydrogen) atoms. The molecule has 0 spiro atoms. The van der Waals surface area contributed by atoms with Crippen LogP contribution in [0.3, 0.4) is 0 Å². The van der Waals surface area contributed by atoms with E-state index in [1.54, 1.807) is 20.2 Å². The normalized spacial score (nSPS) is 10.3. The number of nitrogens with one attached hydrogen (secondary N) is 1. The number of halogens is 2. The molecule has 0 saturated heterocycles. The van der Waals surface area contributed by atoms with Gasteiger partial charge in [0.25, 0.3) is 5.91 Å². The average Bonchev–Trinajstić information content (AvgIpc) is 2.44. The van der Waals surface area contributed by atoms with E-state index in [9.17, 15) is 13.6 Å². The van der Waals surface area contributed by atoms with E-state index in [1.165, 1.54) is 23.1 Å². The minimum atomic E-state index is -0.737. The number of benzene rings is 2. The molecule has 0 saturated carbocycles. The number of hydrogen-bond acceptors (Lipinski definition) is 3. The number of rotatable bonds is 3. The number of nitrogens with two attached hydrogens (primary N) is 1. The highest BCUT2D eigenvalue weighted by atomic mass is 19.1. The third-order valence-electron chi connectivity index (χ3n) is 2.93. The van der Waals surface area contributed by atoms with Crippen molar-refractivity contribution in [3.63, 3.8) is 0 Å². The molecule has 3 N–H and O–H groups in total. The molecule has 0 aliphatic carbocycles. The molecule has 110 valence electrons. The molecule has 0 radical (unpaired) electrons. The summed E-state index contributed by atoms with van der Waals surface area (Å²) in [6.45, 7) is 0. The summed E-state index contributed by atoms with van der Waals surface area (Å²) in [4.78, 5) is 13.3. The van der Waals surface area contributed by atoms with Crippen LogP contribution in [0.15, 0.2) is 36.4 Å². The second kappa shape index (κ2) is 5.78. The summed E-state index contributed by atoms with van der Waals surface area (Å²) >= 11 is 0. The lowest BCUT2D eigenvalue weighted by Gasteiger charge is -2.14. The van der Waals surface area contributed by atoms with E-state index in [0.29, 0.717) is 5.56 Å². The Morgan fingerprint density at radius 2 is 1.76 bits per heavy atom. The van der Waals surface area contributed by atoms with Gasteiger partial charge in [0.05, 0.1) is 11.4 Å². The van der Waals surface area contributed by atoms with Crippen LogP contribution >= 0.6 is 0 Å². The Bertz CT molecular complexity index is 666. The molecule has 0 atom stereocenters.